The van der Waals surface area contributed by atoms with Gasteiger partial charge in [0.1, 0.15) is 5.82 Å². The summed E-state index contributed by atoms with van der Waals surface area (Å²) in [6.45, 7) is 8.06. The van der Waals surface area contributed by atoms with E-state index in [1.54, 1.807) is 0 Å². The van der Waals surface area contributed by atoms with E-state index in [4.69, 9.17) is 4.74 Å². The Morgan fingerprint density at radius 1 is 1.10 bits per heavy atom. The van der Waals surface area contributed by atoms with Crippen LogP contribution in [0.15, 0.2) is 18.3 Å². The van der Waals surface area contributed by atoms with Crippen molar-refractivity contribution in [2.75, 3.05) is 50.8 Å². The smallest absolute Gasteiger partial charge is 0.319 e. The number of morpholine rings is 1. The fraction of sp³-hybridized carbons (Fsp3) is 0.682. The SMILES string of the molecule is CC1CN(c2ccc(CNC(=O)C3CCN(C(=O)N4CCCC4)CC3)cn2)CCO1. The third-order valence-corrected chi connectivity index (χ3v) is 6.35. The Morgan fingerprint density at radius 2 is 1.83 bits per heavy atom. The van der Waals surface area contributed by atoms with Crippen LogP contribution < -0.4 is 10.2 Å². The van der Waals surface area contributed by atoms with Crippen LogP contribution in [0.4, 0.5) is 10.6 Å². The summed E-state index contributed by atoms with van der Waals surface area (Å²) in [5.74, 6) is 1.01. The maximum Gasteiger partial charge on any atom is 0.319 e. The zero-order chi connectivity index (χ0) is 20.9. The maximum absolute atomic E-state index is 12.6. The number of ether oxygens (including phenoxy) is 1. The van der Waals surface area contributed by atoms with Crippen molar-refractivity contribution < 1.29 is 14.3 Å². The summed E-state index contributed by atoms with van der Waals surface area (Å²) in [6.07, 6.45) is 5.73. The zero-order valence-corrected chi connectivity index (χ0v) is 17.9. The van der Waals surface area contributed by atoms with Gasteiger partial charge in [0.05, 0.1) is 12.7 Å². The van der Waals surface area contributed by atoms with Crippen molar-refractivity contribution in [2.45, 2.75) is 45.3 Å². The number of piperidine rings is 1. The largest absolute Gasteiger partial charge is 0.375 e. The molecule has 1 unspecified atom stereocenters. The average molecular weight is 416 g/mol. The lowest BCUT2D eigenvalue weighted by molar-refractivity contribution is -0.126. The molecule has 4 heterocycles. The van der Waals surface area contributed by atoms with E-state index < -0.39 is 0 Å². The molecule has 0 radical (unpaired) electrons. The lowest BCUT2D eigenvalue weighted by atomic mass is 9.96. The van der Waals surface area contributed by atoms with Gasteiger partial charge in [-0.3, -0.25) is 4.79 Å². The molecule has 0 bridgehead atoms. The van der Waals surface area contributed by atoms with Crippen molar-refractivity contribution in [1.29, 1.82) is 0 Å². The van der Waals surface area contributed by atoms with E-state index in [2.05, 4.69) is 22.1 Å². The fourth-order valence-electron chi connectivity index (χ4n) is 4.51. The van der Waals surface area contributed by atoms with Gasteiger partial charge in [-0.05, 0) is 44.2 Å². The molecule has 3 saturated heterocycles. The molecule has 1 aromatic heterocycles. The average Bonchev–Trinajstić information content (AvgIpc) is 3.32. The van der Waals surface area contributed by atoms with Crippen LogP contribution in [0.1, 0.15) is 38.2 Å². The van der Waals surface area contributed by atoms with Crippen molar-refractivity contribution in [3.05, 3.63) is 23.9 Å². The highest BCUT2D eigenvalue weighted by atomic mass is 16.5. The molecular weight excluding hydrogens is 382 g/mol. The molecule has 8 nitrogen and oxygen atoms in total. The minimum atomic E-state index is -0.0188. The van der Waals surface area contributed by atoms with E-state index in [0.717, 1.165) is 69.9 Å². The van der Waals surface area contributed by atoms with E-state index in [-0.39, 0.29) is 24.0 Å². The van der Waals surface area contributed by atoms with Crippen molar-refractivity contribution in [3.63, 3.8) is 0 Å². The van der Waals surface area contributed by atoms with Crippen LogP contribution in [0.2, 0.25) is 0 Å². The minimum absolute atomic E-state index is 0.0188. The normalized spacial score (nSPS) is 23.0. The number of rotatable bonds is 4. The molecule has 8 heteroatoms. The molecule has 0 saturated carbocycles. The van der Waals surface area contributed by atoms with E-state index in [9.17, 15) is 9.59 Å². The molecule has 4 rings (SSSR count). The fourth-order valence-corrected chi connectivity index (χ4v) is 4.51. The first-order chi connectivity index (χ1) is 14.6. The standard InChI is InChI=1S/C22H33N5O3/c1-17-16-27(12-13-30-17)20-5-4-18(14-23-20)15-24-21(28)19-6-10-26(11-7-19)22(29)25-8-2-3-9-25/h4-5,14,17,19H,2-3,6-13,15-16H2,1H3,(H,24,28). The lowest BCUT2D eigenvalue weighted by Gasteiger charge is -2.34. The molecule has 3 aliphatic rings. The molecule has 0 aromatic carbocycles. The van der Waals surface area contributed by atoms with Crippen molar-refractivity contribution in [3.8, 4) is 0 Å². The van der Waals surface area contributed by atoms with Gasteiger partial charge in [0, 0.05) is 57.9 Å². The van der Waals surface area contributed by atoms with Gasteiger partial charge in [-0.1, -0.05) is 6.07 Å². The van der Waals surface area contributed by atoms with Gasteiger partial charge >= 0.3 is 6.03 Å². The molecular formula is C22H33N5O3. The van der Waals surface area contributed by atoms with Crippen molar-refractivity contribution in [2.24, 2.45) is 5.92 Å². The summed E-state index contributed by atoms with van der Waals surface area (Å²) < 4.78 is 5.58. The number of hydrogen-bond acceptors (Lipinski definition) is 5. The Hall–Kier alpha value is -2.35. The Bertz CT molecular complexity index is 727. The maximum atomic E-state index is 12.6. The van der Waals surface area contributed by atoms with Crippen LogP contribution in [0.3, 0.4) is 0 Å². The summed E-state index contributed by atoms with van der Waals surface area (Å²) in [7, 11) is 0. The van der Waals surface area contributed by atoms with Gasteiger partial charge in [-0.25, -0.2) is 9.78 Å². The molecule has 0 aliphatic carbocycles. The molecule has 1 N–H and O–H groups in total. The predicted molar refractivity (Wildman–Crippen MR) is 114 cm³/mol. The van der Waals surface area contributed by atoms with Crippen LogP contribution in [0.5, 0.6) is 0 Å². The van der Waals surface area contributed by atoms with Gasteiger partial charge in [0.25, 0.3) is 0 Å². The van der Waals surface area contributed by atoms with Gasteiger partial charge in [-0.2, -0.15) is 0 Å². The monoisotopic (exact) mass is 415 g/mol. The molecule has 3 fully saturated rings. The molecule has 1 atom stereocenters. The molecule has 3 amide bonds. The number of urea groups is 1. The van der Waals surface area contributed by atoms with Crippen LogP contribution in [0.25, 0.3) is 0 Å². The summed E-state index contributed by atoms with van der Waals surface area (Å²) in [4.78, 5) is 35.7. The van der Waals surface area contributed by atoms with E-state index >= 15 is 0 Å². The highest BCUT2D eigenvalue weighted by molar-refractivity contribution is 5.79. The Morgan fingerprint density at radius 3 is 2.50 bits per heavy atom. The second-order valence-electron chi connectivity index (χ2n) is 8.61. The van der Waals surface area contributed by atoms with E-state index in [0.29, 0.717) is 19.6 Å². The summed E-state index contributed by atoms with van der Waals surface area (Å²) >= 11 is 0. The number of pyridine rings is 1. The number of nitrogens with one attached hydrogen (secondary N) is 1. The van der Waals surface area contributed by atoms with Crippen LogP contribution in [-0.2, 0) is 16.1 Å². The number of anilines is 1. The van der Waals surface area contributed by atoms with Crippen LogP contribution in [-0.4, -0.2) is 78.7 Å². The van der Waals surface area contributed by atoms with Gasteiger partial charge in [0.2, 0.25) is 5.91 Å². The number of carbonyl (C=O) groups is 2. The number of likely N-dealkylation sites (tertiary alicyclic amines) is 2. The summed E-state index contributed by atoms with van der Waals surface area (Å²) in [6, 6.07) is 4.19. The van der Waals surface area contributed by atoms with Gasteiger partial charge in [-0.15, -0.1) is 0 Å². The predicted octanol–water partition coefficient (Wildman–Crippen LogP) is 1.85. The second-order valence-corrected chi connectivity index (χ2v) is 8.61. The van der Waals surface area contributed by atoms with E-state index in [1.165, 1.54) is 0 Å². The third kappa shape index (κ3) is 5.03. The highest BCUT2D eigenvalue weighted by Gasteiger charge is 2.30. The quantitative estimate of drug-likeness (QED) is 0.812. The Balaban J connectivity index is 1.21. The van der Waals surface area contributed by atoms with Gasteiger partial charge < -0.3 is 24.8 Å². The first-order valence-electron chi connectivity index (χ1n) is 11.2. The highest BCUT2D eigenvalue weighted by Crippen LogP contribution is 2.21. The minimum Gasteiger partial charge on any atom is -0.375 e. The number of carbonyl (C=O) groups excluding carboxylic acids is 2. The van der Waals surface area contributed by atoms with Crippen LogP contribution >= 0.6 is 0 Å². The van der Waals surface area contributed by atoms with Crippen molar-refractivity contribution >= 4 is 17.8 Å². The summed E-state index contributed by atoms with van der Waals surface area (Å²) in [5.41, 5.74) is 0.995. The molecule has 0 spiro atoms. The molecule has 164 valence electrons. The lowest BCUT2D eigenvalue weighted by Crippen LogP contribution is -2.47. The number of aromatic nitrogens is 1. The first kappa shape index (κ1) is 20.9. The molecule has 30 heavy (non-hydrogen) atoms. The second kappa shape index (κ2) is 9.64. The molecule has 1 aromatic rings. The van der Waals surface area contributed by atoms with Crippen LogP contribution in [0, 0.1) is 5.92 Å². The van der Waals surface area contributed by atoms with Gasteiger partial charge in [0.15, 0.2) is 0 Å². The number of hydrogen-bond donors (Lipinski definition) is 1. The zero-order valence-electron chi connectivity index (χ0n) is 17.9. The first-order valence-corrected chi connectivity index (χ1v) is 11.2. The third-order valence-electron chi connectivity index (χ3n) is 6.35. The topological polar surface area (TPSA) is 78.0 Å². The number of amides is 3. The molecule has 3 aliphatic heterocycles. The number of nitrogens with zero attached hydrogens (tertiary/aromatic N) is 4. The Kier molecular flexibility index (Phi) is 6.72. The summed E-state index contributed by atoms with van der Waals surface area (Å²) in [5, 5.41) is 3.05. The Labute approximate surface area is 178 Å². The van der Waals surface area contributed by atoms with Crippen molar-refractivity contribution in [1.82, 2.24) is 20.1 Å². The van der Waals surface area contributed by atoms with E-state index in [1.807, 2.05) is 28.1 Å².